The Kier molecular flexibility index (Phi) is 4.43. The van der Waals surface area contributed by atoms with Crippen LogP contribution in [0.2, 0.25) is 5.02 Å². The van der Waals surface area contributed by atoms with Crippen molar-refractivity contribution in [2.75, 3.05) is 0 Å². The van der Waals surface area contributed by atoms with E-state index in [0.717, 1.165) is 10.9 Å². The quantitative estimate of drug-likeness (QED) is 0.533. The molecule has 8 nitrogen and oxygen atoms in total. The van der Waals surface area contributed by atoms with Gasteiger partial charge in [-0.15, -0.1) is 10.2 Å². The second kappa shape index (κ2) is 7.04. The molecule has 0 saturated heterocycles. The van der Waals surface area contributed by atoms with Crippen molar-refractivity contribution in [3.8, 4) is 23.0 Å². The first kappa shape index (κ1) is 17.0. The number of rotatable bonds is 4. The Morgan fingerprint density at radius 2 is 1.85 bits per heavy atom. The highest BCUT2D eigenvalue weighted by Gasteiger charge is 2.14. The molecular weight excluding hydrogens is 375 g/mol. The molecule has 0 N–H and O–H groups in total. The van der Waals surface area contributed by atoms with Gasteiger partial charge in [-0.2, -0.15) is 5.10 Å². The Morgan fingerprint density at radius 1 is 1.04 bits per heavy atom. The molecule has 0 unspecified atom stereocenters. The zero-order valence-corrected chi connectivity index (χ0v) is 14.3. The largest absolute Gasteiger partial charge is 0.414 e. The molecule has 0 radical (unpaired) electrons. The van der Waals surface area contributed by atoms with Crippen molar-refractivity contribution in [1.29, 1.82) is 0 Å². The lowest BCUT2D eigenvalue weighted by Gasteiger charge is -2.05. The predicted molar refractivity (Wildman–Crippen MR) is 93.3 cm³/mol. The summed E-state index contributed by atoms with van der Waals surface area (Å²) in [7, 11) is 0. The molecule has 0 atom stereocenters. The maximum atomic E-state index is 13.3. The monoisotopic (exact) mass is 384 g/mol. The van der Waals surface area contributed by atoms with E-state index in [-0.39, 0.29) is 23.9 Å². The topological polar surface area (TPSA) is 99.6 Å². The Labute approximate surface area is 156 Å². The molecule has 10 heteroatoms. The molecule has 4 aromatic heterocycles. The SMILES string of the molecule is O=c1ccc(-c2nnc(-c3cncc(Cl)c3)o2)nn1Cc1cncc(F)c1. The summed E-state index contributed by atoms with van der Waals surface area (Å²) in [6, 6.07) is 5.71. The van der Waals surface area contributed by atoms with Gasteiger partial charge in [-0.3, -0.25) is 14.8 Å². The van der Waals surface area contributed by atoms with E-state index in [1.54, 1.807) is 6.07 Å². The van der Waals surface area contributed by atoms with Crippen molar-refractivity contribution in [3.63, 3.8) is 0 Å². The van der Waals surface area contributed by atoms with Crippen LogP contribution in [0.5, 0.6) is 0 Å². The Hall–Kier alpha value is -3.46. The van der Waals surface area contributed by atoms with Crippen molar-refractivity contribution >= 4 is 11.6 Å². The minimum atomic E-state index is -0.492. The summed E-state index contributed by atoms with van der Waals surface area (Å²) in [6.07, 6.45) is 5.57. The average molecular weight is 385 g/mol. The fourth-order valence-electron chi connectivity index (χ4n) is 2.36. The van der Waals surface area contributed by atoms with Crippen LogP contribution in [0.3, 0.4) is 0 Å². The maximum absolute atomic E-state index is 13.3. The number of hydrogen-bond acceptors (Lipinski definition) is 7. The van der Waals surface area contributed by atoms with Gasteiger partial charge in [-0.05, 0) is 23.8 Å². The first-order valence-corrected chi connectivity index (χ1v) is 8.09. The van der Waals surface area contributed by atoms with Crippen LogP contribution >= 0.6 is 11.6 Å². The lowest BCUT2D eigenvalue weighted by atomic mass is 10.3. The number of pyridine rings is 2. The first-order valence-electron chi connectivity index (χ1n) is 7.71. The van der Waals surface area contributed by atoms with Crippen LogP contribution in [0.4, 0.5) is 4.39 Å². The molecular formula is C17H10ClFN6O2. The molecule has 0 bridgehead atoms. The van der Waals surface area contributed by atoms with E-state index in [4.69, 9.17) is 16.0 Å². The van der Waals surface area contributed by atoms with Gasteiger partial charge < -0.3 is 4.42 Å². The van der Waals surface area contributed by atoms with Gasteiger partial charge in [0.1, 0.15) is 11.5 Å². The summed E-state index contributed by atoms with van der Waals surface area (Å²) in [5.74, 6) is -0.154. The third-order valence-corrected chi connectivity index (χ3v) is 3.76. The molecule has 4 rings (SSSR count). The molecule has 0 aromatic carbocycles. The molecule has 4 aromatic rings. The van der Waals surface area contributed by atoms with Crippen LogP contribution in [-0.2, 0) is 6.54 Å². The third kappa shape index (κ3) is 3.72. The fourth-order valence-corrected chi connectivity index (χ4v) is 2.54. The van der Waals surface area contributed by atoms with E-state index in [9.17, 15) is 9.18 Å². The van der Waals surface area contributed by atoms with E-state index < -0.39 is 5.82 Å². The number of nitrogens with zero attached hydrogens (tertiary/aromatic N) is 6. The van der Waals surface area contributed by atoms with E-state index in [0.29, 0.717) is 21.8 Å². The molecule has 0 saturated carbocycles. The van der Waals surface area contributed by atoms with Crippen LogP contribution in [0.25, 0.3) is 23.0 Å². The highest BCUT2D eigenvalue weighted by Crippen LogP contribution is 2.23. The first-order chi connectivity index (χ1) is 13.1. The van der Waals surface area contributed by atoms with E-state index in [1.165, 1.54) is 36.8 Å². The number of hydrogen-bond donors (Lipinski definition) is 0. The second-order valence-corrected chi connectivity index (χ2v) is 5.97. The van der Waals surface area contributed by atoms with Gasteiger partial charge in [0.25, 0.3) is 11.4 Å². The zero-order valence-electron chi connectivity index (χ0n) is 13.6. The maximum Gasteiger partial charge on any atom is 0.268 e. The molecule has 27 heavy (non-hydrogen) atoms. The highest BCUT2D eigenvalue weighted by atomic mass is 35.5. The Balaban J connectivity index is 1.66. The lowest BCUT2D eigenvalue weighted by Crippen LogP contribution is -2.23. The predicted octanol–water partition coefficient (Wildman–Crippen LogP) is 2.59. The van der Waals surface area contributed by atoms with Gasteiger partial charge in [-0.1, -0.05) is 11.6 Å². The van der Waals surface area contributed by atoms with Gasteiger partial charge >= 0.3 is 0 Å². The third-order valence-electron chi connectivity index (χ3n) is 3.56. The Bertz CT molecular complexity index is 1180. The molecule has 0 amide bonds. The van der Waals surface area contributed by atoms with Crippen molar-refractivity contribution in [2.24, 2.45) is 0 Å². The van der Waals surface area contributed by atoms with Crippen LogP contribution < -0.4 is 5.56 Å². The van der Waals surface area contributed by atoms with Crippen LogP contribution in [0.15, 0.2) is 58.3 Å². The second-order valence-electron chi connectivity index (χ2n) is 5.53. The highest BCUT2D eigenvalue weighted by molar-refractivity contribution is 6.30. The smallest absolute Gasteiger partial charge is 0.268 e. The van der Waals surface area contributed by atoms with Gasteiger partial charge in [0.15, 0.2) is 0 Å². The summed E-state index contributed by atoms with van der Waals surface area (Å²) < 4.78 is 20.1. The van der Waals surface area contributed by atoms with Crippen LogP contribution in [-0.4, -0.2) is 29.9 Å². The van der Waals surface area contributed by atoms with E-state index in [2.05, 4.69) is 25.3 Å². The minimum absolute atomic E-state index is 0.0522. The van der Waals surface area contributed by atoms with Gasteiger partial charge in [-0.25, -0.2) is 9.07 Å². The fraction of sp³-hybridized carbons (Fsp3) is 0.0588. The molecule has 0 aliphatic carbocycles. The van der Waals surface area contributed by atoms with Gasteiger partial charge in [0.05, 0.1) is 23.3 Å². The minimum Gasteiger partial charge on any atom is -0.414 e. The number of aromatic nitrogens is 6. The molecule has 4 heterocycles. The summed E-state index contributed by atoms with van der Waals surface area (Å²) in [6.45, 7) is 0.0522. The van der Waals surface area contributed by atoms with Crippen molar-refractivity contribution in [1.82, 2.24) is 29.9 Å². The summed E-state index contributed by atoms with van der Waals surface area (Å²) in [5, 5.41) is 12.5. The summed E-state index contributed by atoms with van der Waals surface area (Å²) in [4.78, 5) is 19.8. The molecule has 134 valence electrons. The molecule has 0 aliphatic rings. The summed E-state index contributed by atoms with van der Waals surface area (Å²) in [5.41, 5.74) is 0.993. The average Bonchev–Trinajstić information content (AvgIpc) is 3.14. The van der Waals surface area contributed by atoms with E-state index >= 15 is 0 Å². The molecule has 0 spiro atoms. The standard InChI is InChI=1S/C17H10ClFN6O2/c18-12-4-11(6-21-7-12)16-22-23-17(27-16)14-1-2-15(26)25(24-14)9-10-3-13(19)8-20-5-10/h1-8H,9H2. The number of halogens is 2. The Morgan fingerprint density at radius 3 is 2.67 bits per heavy atom. The molecule has 0 aliphatic heterocycles. The van der Waals surface area contributed by atoms with Gasteiger partial charge in [0.2, 0.25) is 5.89 Å². The van der Waals surface area contributed by atoms with Crippen LogP contribution in [0, 0.1) is 5.82 Å². The normalized spacial score (nSPS) is 10.9. The summed E-state index contributed by atoms with van der Waals surface area (Å²) >= 11 is 5.91. The lowest BCUT2D eigenvalue weighted by molar-refractivity contribution is 0.568. The van der Waals surface area contributed by atoms with Crippen LogP contribution in [0.1, 0.15) is 5.56 Å². The van der Waals surface area contributed by atoms with Crippen molar-refractivity contribution in [3.05, 3.63) is 75.8 Å². The zero-order chi connectivity index (χ0) is 18.8. The van der Waals surface area contributed by atoms with E-state index in [1.807, 2.05) is 0 Å². The van der Waals surface area contributed by atoms with Gasteiger partial charge in [0, 0.05) is 24.7 Å². The van der Waals surface area contributed by atoms with Crippen molar-refractivity contribution < 1.29 is 8.81 Å². The molecule has 0 fully saturated rings. The van der Waals surface area contributed by atoms with Crippen molar-refractivity contribution in [2.45, 2.75) is 6.54 Å².